The van der Waals surface area contributed by atoms with Crippen LogP contribution < -0.4 is 4.74 Å². The van der Waals surface area contributed by atoms with Crippen LogP contribution in [0.2, 0.25) is 5.02 Å². The van der Waals surface area contributed by atoms with Gasteiger partial charge >= 0.3 is 0 Å². The Hall–Kier alpha value is -1.58. The largest absolute Gasteiger partial charge is 0.438 e. The van der Waals surface area contributed by atoms with Gasteiger partial charge in [0.1, 0.15) is 10.8 Å². The molecule has 0 unspecified atom stereocenters. The predicted molar refractivity (Wildman–Crippen MR) is 80.4 cm³/mol. The smallest absolute Gasteiger partial charge is 0.238 e. The maximum atomic E-state index is 9.01. The van der Waals surface area contributed by atoms with Gasteiger partial charge in [-0.25, -0.2) is 4.98 Å². The summed E-state index contributed by atoms with van der Waals surface area (Å²) in [5.41, 5.74) is 2.00. The monoisotopic (exact) mass is 291 g/mol. The van der Waals surface area contributed by atoms with Crippen molar-refractivity contribution in [2.75, 3.05) is 0 Å². The molecule has 1 aromatic carbocycles. The van der Waals surface area contributed by atoms with Crippen LogP contribution in [0.15, 0.2) is 36.5 Å². The number of aliphatic hydroxyl groups is 1. The number of ether oxygens (including phenoxy) is 1. The number of nitrogens with zero attached hydrogens (tertiary/aromatic N) is 1. The van der Waals surface area contributed by atoms with Crippen molar-refractivity contribution in [3.8, 4) is 11.6 Å². The fourth-order valence-corrected chi connectivity index (χ4v) is 1.99. The minimum Gasteiger partial charge on any atom is -0.438 e. The molecule has 0 radical (unpaired) electrons. The molecule has 0 bridgehead atoms. The Kier molecular flexibility index (Phi) is 4.31. The first-order valence-electron chi connectivity index (χ1n) is 6.44. The quantitative estimate of drug-likeness (QED) is 0.916. The molecule has 0 amide bonds. The standard InChI is InChI=1S/C16H18ClNO2/c1-16(2,3)12-4-6-13(7-5-12)20-15-14(17)8-11(10-19)9-18-15/h4-9,19H,10H2,1-3H3. The molecule has 0 atom stereocenters. The summed E-state index contributed by atoms with van der Waals surface area (Å²) in [6.45, 7) is 6.39. The van der Waals surface area contributed by atoms with Crippen LogP contribution >= 0.6 is 11.6 Å². The van der Waals surface area contributed by atoms with E-state index >= 15 is 0 Å². The molecule has 0 saturated heterocycles. The summed E-state index contributed by atoms with van der Waals surface area (Å²) in [5.74, 6) is 1.02. The van der Waals surface area contributed by atoms with Gasteiger partial charge in [0, 0.05) is 6.20 Å². The van der Waals surface area contributed by atoms with E-state index in [1.165, 1.54) is 5.56 Å². The summed E-state index contributed by atoms with van der Waals surface area (Å²) >= 11 is 6.06. The van der Waals surface area contributed by atoms with Crippen LogP contribution in [0.1, 0.15) is 31.9 Å². The average Bonchev–Trinajstić information content (AvgIpc) is 2.40. The molecule has 3 nitrogen and oxygen atoms in total. The number of hydrogen-bond acceptors (Lipinski definition) is 3. The molecule has 0 aliphatic rings. The Labute approximate surface area is 124 Å². The molecule has 2 rings (SSSR count). The molecule has 0 fully saturated rings. The molecule has 0 aliphatic carbocycles. The minimum atomic E-state index is -0.0900. The number of benzene rings is 1. The van der Waals surface area contributed by atoms with Gasteiger partial charge in [0.15, 0.2) is 0 Å². The third kappa shape index (κ3) is 3.50. The van der Waals surface area contributed by atoms with E-state index in [1.54, 1.807) is 12.3 Å². The van der Waals surface area contributed by atoms with Crippen LogP contribution in [-0.4, -0.2) is 10.1 Å². The van der Waals surface area contributed by atoms with Crippen LogP contribution in [0, 0.1) is 0 Å². The number of rotatable bonds is 3. The van der Waals surface area contributed by atoms with Crippen molar-refractivity contribution in [1.82, 2.24) is 4.98 Å². The Morgan fingerprint density at radius 3 is 2.35 bits per heavy atom. The van der Waals surface area contributed by atoms with Gasteiger partial charge in [-0.1, -0.05) is 44.5 Å². The Balaban J connectivity index is 2.18. The summed E-state index contributed by atoms with van der Waals surface area (Å²) in [7, 11) is 0. The van der Waals surface area contributed by atoms with Crippen molar-refractivity contribution >= 4 is 11.6 Å². The SMILES string of the molecule is CC(C)(C)c1ccc(Oc2ncc(CO)cc2Cl)cc1. The van der Waals surface area contributed by atoms with E-state index in [0.29, 0.717) is 22.2 Å². The van der Waals surface area contributed by atoms with E-state index in [9.17, 15) is 0 Å². The highest BCUT2D eigenvalue weighted by Crippen LogP contribution is 2.29. The zero-order valence-corrected chi connectivity index (χ0v) is 12.6. The van der Waals surface area contributed by atoms with Crippen molar-refractivity contribution in [3.05, 3.63) is 52.7 Å². The number of hydrogen-bond donors (Lipinski definition) is 1. The van der Waals surface area contributed by atoms with E-state index in [0.717, 1.165) is 0 Å². The number of halogens is 1. The van der Waals surface area contributed by atoms with Gasteiger partial charge in [-0.3, -0.25) is 0 Å². The van der Waals surface area contributed by atoms with Crippen LogP contribution in [0.4, 0.5) is 0 Å². The van der Waals surface area contributed by atoms with E-state index in [2.05, 4.69) is 25.8 Å². The molecule has 0 saturated carbocycles. The number of aromatic nitrogens is 1. The highest BCUT2D eigenvalue weighted by atomic mass is 35.5. The Morgan fingerprint density at radius 1 is 1.20 bits per heavy atom. The lowest BCUT2D eigenvalue weighted by atomic mass is 9.87. The van der Waals surface area contributed by atoms with E-state index in [4.69, 9.17) is 21.4 Å². The molecule has 0 spiro atoms. The summed E-state index contributed by atoms with van der Waals surface area (Å²) < 4.78 is 5.65. The van der Waals surface area contributed by atoms with Crippen molar-refractivity contribution in [1.29, 1.82) is 0 Å². The topological polar surface area (TPSA) is 42.4 Å². The maximum Gasteiger partial charge on any atom is 0.238 e. The number of aliphatic hydroxyl groups excluding tert-OH is 1. The molecule has 106 valence electrons. The zero-order valence-electron chi connectivity index (χ0n) is 11.9. The van der Waals surface area contributed by atoms with Gasteiger partial charge in [0.05, 0.1) is 6.61 Å². The Bertz CT molecular complexity index is 588. The molecule has 4 heteroatoms. The van der Waals surface area contributed by atoms with Gasteiger partial charge in [-0.15, -0.1) is 0 Å². The summed E-state index contributed by atoms with van der Waals surface area (Å²) in [6.07, 6.45) is 1.55. The summed E-state index contributed by atoms with van der Waals surface area (Å²) in [5, 5.41) is 9.40. The zero-order chi connectivity index (χ0) is 14.8. The van der Waals surface area contributed by atoms with E-state index in [1.807, 2.05) is 24.3 Å². The first-order valence-corrected chi connectivity index (χ1v) is 6.81. The molecule has 1 aromatic heterocycles. The first-order chi connectivity index (χ1) is 9.40. The molecular formula is C16H18ClNO2. The third-order valence-electron chi connectivity index (χ3n) is 2.98. The van der Waals surface area contributed by atoms with Crippen LogP contribution in [0.5, 0.6) is 11.6 Å². The minimum absolute atomic E-state index is 0.0900. The average molecular weight is 292 g/mol. The van der Waals surface area contributed by atoms with Gasteiger partial charge in [0.2, 0.25) is 5.88 Å². The lowest BCUT2D eigenvalue weighted by Gasteiger charge is -2.19. The predicted octanol–water partition coefficient (Wildman–Crippen LogP) is 4.32. The highest BCUT2D eigenvalue weighted by molar-refractivity contribution is 6.31. The molecule has 2 aromatic rings. The molecule has 1 N–H and O–H groups in total. The van der Waals surface area contributed by atoms with Gasteiger partial charge in [-0.05, 0) is 34.7 Å². The van der Waals surface area contributed by atoms with Crippen LogP contribution in [-0.2, 0) is 12.0 Å². The second-order valence-electron chi connectivity index (χ2n) is 5.67. The fraction of sp³-hybridized carbons (Fsp3) is 0.312. The van der Waals surface area contributed by atoms with Gasteiger partial charge < -0.3 is 9.84 Å². The third-order valence-corrected chi connectivity index (χ3v) is 3.25. The maximum absolute atomic E-state index is 9.01. The van der Waals surface area contributed by atoms with Gasteiger partial charge in [-0.2, -0.15) is 0 Å². The first kappa shape index (κ1) is 14.8. The van der Waals surface area contributed by atoms with E-state index < -0.39 is 0 Å². The molecule has 0 aliphatic heterocycles. The van der Waals surface area contributed by atoms with Crippen molar-refractivity contribution < 1.29 is 9.84 Å². The second-order valence-corrected chi connectivity index (χ2v) is 6.07. The summed E-state index contributed by atoms with van der Waals surface area (Å²) in [6, 6.07) is 9.52. The lowest BCUT2D eigenvalue weighted by molar-refractivity contribution is 0.281. The fourth-order valence-electron chi connectivity index (χ4n) is 1.76. The Morgan fingerprint density at radius 2 is 1.85 bits per heavy atom. The van der Waals surface area contributed by atoms with E-state index in [-0.39, 0.29) is 12.0 Å². The molecular weight excluding hydrogens is 274 g/mol. The van der Waals surface area contributed by atoms with Crippen LogP contribution in [0.25, 0.3) is 0 Å². The van der Waals surface area contributed by atoms with Crippen molar-refractivity contribution in [2.24, 2.45) is 0 Å². The second kappa shape index (κ2) is 5.81. The van der Waals surface area contributed by atoms with Gasteiger partial charge in [0.25, 0.3) is 0 Å². The van der Waals surface area contributed by atoms with Crippen molar-refractivity contribution in [3.63, 3.8) is 0 Å². The number of pyridine rings is 1. The molecule has 20 heavy (non-hydrogen) atoms. The highest BCUT2D eigenvalue weighted by Gasteiger charge is 2.13. The molecule has 1 heterocycles. The summed E-state index contributed by atoms with van der Waals surface area (Å²) in [4.78, 5) is 4.10. The van der Waals surface area contributed by atoms with Crippen LogP contribution in [0.3, 0.4) is 0 Å². The van der Waals surface area contributed by atoms with Crippen molar-refractivity contribution in [2.45, 2.75) is 32.8 Å². The lowest BCUT2D eigenvalue weighted by Crippen LogP contribution is -2.10. The normalized spacial score (nSPS) is 11.4.